The minimum atomic E-state index is -0.931. The monoisotopic (exact) mass is 207 g/mol. The van der Waals surface area contributed by atoms with Gasteiger partial charge in [0.25, 0.3) is 0 Å². The first-order valence-electron chi connectivity index (χ1n) is 4.54. The number of aliphatic carboxylic acids is 1. The number of hydrogen-bond acceptors (Lipinski definition) is 2. The number of rotatable bonds is 2. The Morgan fingerprint density at radius 3 is 1.54 bits per heavy atom. The molecule has 1 saturated carbocycles. The maximum atomic E-state index is 10.0. The summed E-state index contributed by atoms with van der Waals surface area (Å²) in [7, 11) is 0. The minimum absolute atomic E-state index is 0. The van der Waals surface area contributed by atoms with Crippen LogP contribution in [0.3, 0.4) is 0 Å². The van der Waals surface area contributed by atoms with Gasteiger partial charge >= 0.3 is 5.97 Å². The lowest BCUT2D eigenvalue weighted by Gasteiger charge is -2.07. The summed E-state index contributed by atoms with van der Waals surface area (Å²) in [4.78, 5) is 10.0. The van der Waals surface area contributed by atoms with Gasteiger partial charge < -0.3 is 10.8 Å². The van der Waals surface area contributed by atoms with Crippen LogP contribution in [0.2, 0.25) is 0 Å². The lowest BCUT2D eigenvalue weighted by Crippen LogP contribution is -2.34. The molecule has 0 aliphatic heterocycles. The zero-order chi connectivity index (χ0) is 9.56. The summed E-state index contributed by atoms with van der Waals surface area (Å²) in [5, 5.41) is 8.23. The summed E-state index contributed by atoms with van der Waals surface area (Å²) in [6, 6.07) is -0.713. The first-order valence-corrected chi connectivity index (χ1v) is 4.54. The minimum Gasteiger partial charge on any atom is -0.480 e. The van der Waals surface area contributed by atoms with Crippen molar-refractivity contribution >= 4 is 15.9 Å². The van der Waals surface area contributed by atoms with Gasteiger partial charge in [-0.05, 0) is 5.92 Å². The number of carboxylic acids is 1. The first kappa shape index (κ1) is 15.3. The Hall–Kier alpha value is -0.140. The van der Waals surface area contributed by atoms with Gasteiger partial charge in [0.05, 0.1) is 0 Å². The van der Waals surface area contributed by atoms with Crippen molar-refractivity contribution in [1.29, 1.82) is 0 Å². The highest BCUT2D eigenvalue weighted by atomic mass is 31.0. The molecule has 0 bridgehead atoms. The molecular formula is C9H22NO2P. The summed E-state index contributed by atoms with van der Waals surface area (Å²) in [6.07, 6.45) is 6.00. The molecule has 13 heavy (non-hydrogen) atoms. The average Bonchev–Trinajstić information content (AvgIpc) is 1.81. The summed E-state index contributed by atoms with van der Waals surface area (Å²) in [5.41, 5.74) is 5.16. The number of nitrogens with two attached hydrogens (primary N) is 1. The normalized spacial score (nSPS) is 16.0. The van der Waals surface area contributed by atoms with E-state index in [1.807, 2.05) is 0 Å². The molecule has 0 aromatic heterocycles. The van der Waals surface area contributed by atoms with Crippen molar-refractivity contribution in [2.75, 3.05) is 0 Å². The van der Waals surface area contributed by atoms with Gasteiger partial charge in [-0.2, -0.15) is 9.90 Å². The van der Waals surface area contributed by atoms with Crippen LogP contribution in [0.4, 0.5) is 0 Å². The van der Waals surface area contributed by atoms with Crippen LogP contribution in [0.5, 0.6) is 0 Å². The fourth-order valence-corrected chi connectivity index (χ4v) is 0.535. The van der Waals surface area contributed by atoms with Crippen molar-refractivity contribution in [2.45, 2.75) is 45.6 Å². The van der Waals surface area contributed by atoms with Gasteiger partial charge in [0.2, 0.25) is 0 Å². The Balaban J connectivity index is 0. The van der Waals surface area contributed by atoms with E-state index in [1.165, 1.54) is 25.7 Å². The Kier molecular flexibility index (Phi) is 9.98. The first-order chi connectivity index (χ1) is 5.55. The summed E-state index contributed by atoms with van der Waals surface area (Å²) >= 11 is 0. The molecule has 80 valence electrons. The topological polar surface area (TPSA) is 63.3 Å². The van der Waals surface area contributed by atoms with Crippen LogP contribution in [0.15, 0.2) is 0 Å². The number of carboxylic acid groups (broad SMARTS) is 1. The zero-order valence-electron chi connectivity index (χ0n) is 8.62. The van der Waals surface area contributed by atoms with Crippen LogP contribution in [0.1, 0.15) is 39.5 Å². The molecule has 0 heterocycles. The third-order valence-corrected chi connectivity index (χ3v) is 2.00. The zero-order valence-corrected chi connectivity index (χ0v) is 10.0. The van der Waals surface area contributed by atoms with Gasteiger partial charge in [-0.1, -0.05) is 39.5 Å². The third kappa shape index (κ3) is 8.20. The molecule has 0 spiro atoms. The van der Waals surface area contributed by atoms with Crippen molar-refractivity contribution in [3.05, 3.63) is 0 Å². The van der Waals surface area contributed by atoms with Gasteiger partial charge in [-0.25, -0.2) is 0 Å². The van der Waals surface area contributed by atoms with E-state index >= 15 is 0 Å². The molecule has 1 fully saturated rings. The molecule has 1 aliphatic carbocycles. The Morgan fingerprint density at radius 1 is 1.23 bits per heavy atom. The average molecular weight is 207 g/mol. The second kappa shape index (κ2) is 8.46. The number of carbonyl (C=O) groups is 1. The van der Waals surface area contributed by atoms with E-state index in [1.54, 1.807) is 13.8 Å². The molecule has 4 heteroatoms. The Morgan fingerprint density at radius 2 is 1.54 bits per heavy atom. The molecule has 2 unspecified atom stereocenters. The van der Waals surface area contributed by atoms with Crippen molar-refractivity contribution in [3.63, 3.8) is 0 Å². The third-order valence-electron chi connectivity index (χ3n) is 2.00. The van der Waals surface area contributed by atoms with Crippen LogP contribution >= 0.6 is 9.90 Å². The van der Waals surface area contributed by atoms with Gasteiger partial charge in [0.15, 0.2) is 0 Å². The molecule has 1 aliphatic rings. The maximum absolute atomic E-state index is 10.0. The van der Waals surface area contributed by atoms with Crippen molar-refractivity contribution in [1.82, 2.24) is 0 Å². The van der Waals surface area contributed by atoms with E-state index in [-0.39, 0.29) is 15.8 Å². The predicted molar refractivity (Wildman–Crippen MR) is 60.0 cm³/mol. The highest BCUT2D eigenvalue weighted by molar-refractivity contribution is 6.92. The lowest BCUT2D eigenvalue weighted by atomic mass is 10.0. The fraction of sp³-hybridized carbons (Fsp3) is 0.889. The van der Waals surface area contributed by atoms with Crippen LogP contribution in [-0.2, 0) is 4.79 Å². The molecule has 0 saturated heterocycles. The second-order valence-electron chi connectivity index (χ2n) is 3.52. The van der Waals surface area contributed by atoms with Crippen molar-refractivity contribution < 1.29 is 9.90 Å². The summed E-state index contributed by atoms with van der Waals surface area (Å²) in [6.45, 7) is 3.55. The second-order valence-corrected chi connectivity index (χ2v) is 3.52. The van der Waals surface area contributed by atoms with Crippen LogP contribution in [0, 0.1) is 5.92 Å². The number of hydrogen-bond donors (Lipinski definition) is 2. The lowest BCUT2D eigenvalue weighted by molar-refractivity contribution is -0.139. The molecule has 3 nitrogen and oxygen atoms in total. The Bertz CT molecular complexity index is 132. The van der Waals surface area contributed by atoms with E-state index in [4.69, 9.17) is 10.8 Å². The SMILES string of the molecule is C1CCC1.CC(C)C(N)C(=O)O.P. The van der Waals surface area contributed by atoms with E-state index in [0.717, 1.165) is 0 Å². The summed E-state index contributed by atoms with van der Waals surface area (Å²) in [5.74, 6) is -0.910. The van der Waals surface area contributed by atoms with E-state index < -0.39 is 12.0 Å². The molecular weight excluding hydrogens is 185 g/mol. The smallest absolute Gasteiger partial charge is 0.320 e. The van der Waals surface area contributed by atoms with Crippen LogP contribution in [-0.4, -0.2) is 17.1 Å². The molecule has 1 rings (SSSR count). The standard InChI is InChI=1S/C5H11NO2.C4H8.H3P/c1-3(2)4(6)5(7)8;1-2-4-3-1;/h3-4H,6H2,1-2H3,(H,7,8);1-4H2;1H3. The van der Waals surface area contributed by atoms with Crippen LogP contribution in [0.25, 0.3) is 0 Å². The van der Waals surface area contributed by atoms with Gasteiger partial charge in [-0.15, -0.1) is 0 Å². The highest BCUT2D eigenvalue weighted by Crippen LogP contribution is 2.15. The molecule has 2 atom stereocenters. The quantitative estimate of drug-likeness (QED) is 0.677. The van der Waals surface area contributed by atoms with Gasteiger partial charge in [0.1, 0.15) is 6.04 Å². The fourth-order valence-electron chi connectivity index (χ4n) is 0.535. The highest BCUT2D eigenvalue weighted by Gasteiger charge is 2.14. The maximum Gasteiger partial charge on any atom is 0.320 e. The molecule has 3 N–H and O–H groups in total. The summed E-state index contributed by atoms with van der Waals surface area (Å²) < 4.78 is 0. The predicted octanol–water partition coefficient (Wildman–Crippen LogP) is 1.67. The molecule has 0 aromatic rings. The van der Waals surface area contributed by atoms with Crippen molar-refractivity contribution in [2.24, 2.45) is 11.7 Å². The molecule has 0 radical (unpaired) electrons. The molecule has 0 amide bonds. The van der Waals surface area contributed by atoms with E-state index in [9.17, 15) is 4.79 Å². The largest absolute Gasteiger partial charge is 0.480 e. The van der Waals surface area contributed by atoms with E-state index in [2.05, 4.69) is 0 Å². The molecule has 0 aromatic carbocycles. The Labute approximate surface area is 83.7 Å². The van der Waals surface area contributed by atoms with Gasteiger partial charge in [-0.3, -0.25) is 4.79 Å². The van der Waals surface area contributed by atoms with Crippen LogP contribution < -0.4 is 5.73 Å². The van der Waals surface area contributed by atoms with Gasteiger partial charge in [0, 0.05) is 0 Å². The van der Waals surface area contributed by atoms with E-state index in [0.29, 0.717) is 0 Å². The van der Waals surface area contributed by atoms with Crippen molar-refractivity contribution in [3.8, 4) is 0 Å².